The lowest BCUT2D eigenvalue weighted by Gasteiger charge is -2.34. The van der Waals surface area contributed by atoms with Crippen molar-refractivity contribution in [3.8, 4) is 0 Å². The lowest BCUT2D eigenvalue weighted by molar-refractivity contribution is -0.805. The number of nitrogens with two attached hydrogens (primary N) is 1. The Morgan fingerprint density at radius 1 is 1.50 bits per heavy atom. The second-order valence-corrected chi connectivity index (χ2v) is 5.22. The highest BCUT2D eigenvalue weighted by Crippen LogP contribution is 2.23. The lowest BCUT2D eigenvalue weighted by atomic mass is 10.1. The minimum atomic E-state index is -0.857. The zero-order chi connectivity index (χ0) is 15.0. The van der Waals surface area contributed by atoms with E-state index >= 15 is 0 Å². The highest BCUT2D eigenvalue weighted by atomic mass is 16.4. The third-order valence-corrected chi connectivity index (χ3v) is 3.55. The summed E-state index contributed by atoms with van der Waals surface area (Å²) in [5.74, 6) is -0.00400. The molecule has 0 radical (unpaired) electrons. The van der Waals surface area contributed by atoms with Gasteiger partial charge in [0.15, 0.2) is 6.54 Å². The molecule has 0 fully saturated rings. The average molecular weight is 280 g/mol. The number of carbonyl (C=O) groups is 1. The largest absolute Gasteiger partial charge is 0.477 e. The first kappa shape index (κ1) is 16.6. The third-order valence-electron chi connectivity index (χ3n) is 3.55. The van der Waals surface area contributed by atoms with E-state index in [9.17, 15) is 4.79 Å². The topological polar surface area (TPSA) is 75.7 Å². The number of aliphatic carboxylic acids is 1. The van der Waals surface area contributed by atoms with Crippen LogP contribution in [0.2, 0.25) is 0 Å². The normalized spacial score (nSPS) is 23.2. The molecule has 0 bridgehead atoms. The summed E-state index contributed by atoms with van der Waals surface area (Å²) in [6.45, 7) is 3.94. The molecule has 5 heteroatoms. The van der Waals surface area contributed by atoms with Gasteiger partial charge in [-0.05, 0) is 19.3 Å². The van der Waals surface area contributed by atoms with Crippen LogP contribution < -0.4 is 5.73 Å². The zero-order valence-electron chi connectivity index (χ0n) is 12.5. The smallest absolute Gasteiger partial charge is 0.360 e. The van der Waals surface area contributed by atoms with Gasteiger partial charge in [0.05, 0.1) is 6.20 Å². The maximum Gasteiger partial charge on any atom is 0.360 e. The van der Waals surface area contributed by atoms with Crippen LogP contribution >= 0.6 is 0 Å². The van der Waals surface area contributed by atoms with E-state index in [1.54, 1.807) is 12.4 Å². The Labute approximate surface area is 121 Å². The molecular formula is C15H26N3O2+. The summed E-state index contributed by atoms with van der Waals surface area (Å²) in [7, 11) is 0. The summed E-state index contributed by atoms with van der Waals surface area (Å²) < 4.78 is 0.147. The van der Waals surface area contributed by atoms with Gasteiger partial charge in [-0.25, -0.2) is 14.3 Å². The van der Waals surface area contributed by atoms with Gasteiger partial charge in [0.2, 0.25) is 5.84 Å². The Kier molecular flexibility index (Phi) is 6.61. The van der Waals surface area contributed by atoms with E-state index in [0.717, 1.165) is 37.9 Å². The average Bonchev–Trinajstić information content (AvgIpc) is 2.77. The van der Waals surface area contributed by atoms with Crippen molar-refractivity contribution in [2.45, 2.75) is 52.1 Å². The van der Waals surface area contributed by atoms with Crippen molar-refractivity contribution in [1.29, 1.82) is 0 Å². The SMILES string of the molecule is CCC/C=C/CCCC1=NC=C[N+]1(CC(=O)O)C(C)N. The van der Waals surface area contributed by atoms with E-state index < -0.39 is 5.97 Å². The Morgan fingerprint density at radius 2 is 2.20 bits per heavy atom. The molecule has 3 N–H and O–H groups in total. The number of rotatable bonds is 9. The summed E-state index contributed by atoms with van der Waals surface area (Å²) in [4.78, 5) is 15.4. The molecule has 5 nitrogen and oxygen atoms in total. The van der Waals surface area contributed by atoms with E-state index in [1.807, 2.05) is 6.92 Å². The van der Waals surface area contributed by atoms with Crippen molar-refractivity contribution in [3.63, 3.8) is 0 Å². The van der Waals surface area contributed by atoms with Crippen LogP contribution in [0.25, 0.3) is 0 Å². The van der Waals surface area contributed by atoms with Crippen LogP contribution in [0.3, 0.4) is 0 Å². The van der Waals surface area contributed by atoms with Crippen molar-refractivity contribution < 1.29 is 14.4 Å². The molecule has 20 heavy (non-hydrogen) atoms. The number of hydrogen-bond acceptors (Lipinski definition) is 3. The number of aliphatic imine (C=N–C) groups is 1. The summed E-state index contributed by atoms with van der Waals surface area (Å²) in [5.41, 5.74) is 6.00. The highest BCUT2D eigenvalue weighted by Gasteiger charge is 2.40. The molecule has 0 aliphatic carbocycles. The number of nitrogens with zero attached hydrogens (tertiary/aromatic N) is 2. The fraction of sp³-hybridized carbons (Fsp3) is 0.600. The van der Waals surface area contributed by atoms with Crippen molar-refractivity contribution in [3.05, 3.63) is 24.6 Å². The molecule has 112 valence electrons. The van der Waals surface area contributed by atoms with Crippen LogP contribution in [-0.4, -0.2) is 34.1 Å². The standard InChI is InChI=1S/C15H25N3O2/c1-3-4-5-6-7-8-9-14-17-10-11-18(14,13(2)16)12-15(19)20/h5-6,10-11,13H,3-4,7-9,12,16H2,1-2H3/p+1/b6-5+. The van der Waals surface area contributed by atoms with Gasteiger partial charge in [0.1, 0.15) is 12.4 Å². The maximum atomic E-state index is 11.1. The van der Waals surface area contributed by atoms with E-state index in [4.69, 9.17) is 10.8 Å². The number of unbranched alkanes of at least 4 members (excludes halogenated alkanes) is 2. The van der Waals surface area contributed by atoms with Crippen molar-refractivity contribution in [1.82, 2.24) is 0 Å². The summed E-state index contributed by atoms with van der Waals surface area (Å²) in [5, 5.41) is 9.10. The molecule has 0 aromatic heterocycles. The molecule has 0 aromatic rings. The van der Waals surface area contributed by atoms with Gasteiger partial charge >= 0.3 is 5.97 Å². The molecule has 0 spiro atoms. The first-order valence-corrected chi connectivity index (χ1v) is 7.27. The molecule has 0 saturated heterocycles. The summed E-state index contributed by atoms with van der Waals surface area (Å²) in [6, 6.07) is 0. The molecule has 1 rings (SSSR count). The quantitative estimate of drug-likeness (QED) is 0.387. The summed E-state index contributed by atoms with van der Waals surface area (Å²) >= 11 is 0. The molecular weight excluding hydrogens is 254 g/mol. The third kappa shape index (κ3) is 4.28. The summed E-state index contributed by atoms with van der Waals surface area (Å²) in [6.07, 6.45) is 12.5. The van der Waals surface area contributed by atoms with Crippen LogP contribution in [0.15, 0.2) is 29.5 Å². The van der Waals surface area contributed by atoms with Gasteiger partial charge in [0, 0.05) is 13.3 Å². The second kappa shape index (κ2) is 7.97. The molecule has 2 atom stereocenters. The minimum Gasteiger partial charge on any atom is -0.477 e. The number of allylic oxidation sites excluding steroid dienone is 2. The molecule has 0 amide bonds. The zero-order valence-corrected chi connectivity index (χ0v) is 12.5. The van der Waals surface area contributed by atoms with Gasteiger partial charge in [-0.3, -0.25) is 5.73 Å². The first-order chi connectivity index (χ1) is 9.53. The second-order valence-electron chi connectivity index (χ2n) is 5.22. The molecule has 0 aromatic carbocycles. The fourth-order valence-electron chi connectivity index (χ4n) is 2.37. The number of hydrogen-bond donors (Lipinski definition) is 2. The van der Waals surface area contributed by atoms with Gasteiger partial charge in [0.25, 0.3) is 0 Å². The Morgan fingerprint density at radius 3 is 2.80 bits per heavy atom. The molecule has 2 unspecified atom stereocenters. The number of quaternary nitrogens is 1. The van der Waals surface area contributed by atoms with Crippen molar-refractivity contribution in [2.75, 3.05) is 6.54 Å². The van der Waals surface area contributed by atoms with Crippen LogP contribution in [0.1, 0.15) is 46.0 Å². The van der Waals surface area contributed by atoms with Crippen LogP contribution in [-0.2, 0) is 4.79 Å². The number of amidine groups is 1. The molecule has 1 aliphatic heterocycles. The molecule has 1 heterocycles. The van der Waals surface area contributed by atoms with Gasteiger partial charge in [-0.15, -0.1) is 0 Å². The maximum absolute atomic E-state index is 11.1. The minimum absolute atomic E-state index is 0.0430. The van der Waals surface area contributed by atoms with Crippen LogP contribution in [0.4, 0.5) is 0 Å². The fourth-order valence-corrected chi connectivity index (χ4v) is 2.37. The predicted molar refractivity (Wildman–Crippen MR) is 80.9 cm³/mol. The van der Waals surface area contributed by atoms with Gasteiger partial charge in [-0.1, -0.05) is 25.5 Å². The predicted octanol–water partition coefficient (Wildman–Crippen LogP) is 2.60. The van der Waals surface area contributed by atoms with Gasteiger partial charge < -0.3 is 5.11 Å². The van der Waals surface area contributed by atoms with E-state index in [0.29, 0.717) is 0 Å². The Balaban J connectivity index is 2.58. The first-order valence-electron chi connectivity index (χ1n) is 7.27. The number of carboxylic acid groups (broad SMARTS) is 1. The monoisotopic (exact) mass is 280 g/mol. The highest BCUT2D eigenvalue weighted by molar-refractivity contribution is 5.81. The van der Waals surface area contributed by atoms with Crippen LogP contribution in [0.5, 0.6) is 0 Å². The van der Waals surface area contributed by atoms with Crippen molar-refractivity contribution in [2.24, 2.45) is 10.7 Å². The Hall–Kier alpha value is -1.46. The number of carboxylic acids is 1. The molecule has 0 saturated carbocycles. The van der Waals surface area contributed by atoms with Crippen molar-refractivity contribution >= 4 is 11.8 Å². The molecule has 1 aliphatic rings. The van der Waals surface area contributed by atoms with E-state index in [1.165, 1.54) is 0 Å². The van der Waals surface area contributed by atoms with Gasteiger partial charge in [-0.2, -0.15) is 0 Å². The van der Waals surface area contributed by atoms with Crippen LogP contribution in [0, 0.1) is 0 Å². The lowest BCUT2D eigenvalue weighted by Crippen LogP contribution is -2.59. The Bertz CT molecular complexity index is 413. The van der Waals surface area contributed by atoms with E-state index in [-0.39, 0.29) is 17.2 Å². The van der Waals surface area contributed by atoms with E-state index in [2.05, 4.69) is 24.1 Å².